The van der Waals surface area contributed by atoms with Crippen LogP contribution in [0.2, 0.25) is 0 Å². The van der Waals surface area contributed by atoms with Crippen LogP contribution in [0.3, 0.4) is 0 Å². The Bertz CT molecular complexity index is 836. The van der Waals surface area contributed by atoms with Crippen molar-refractivity contribution >= 4 is 23.5 Å². The van der Waals surface area contributed by atoms with Crippen molar-refractivity contribution in [2.24, 2.45) is 5.16 Å². The number of ether oxygens (including phenoxy) is 1. The predicted molar refractivity (Wildman–Crippen MR) is 111 cm³/mol. The predicted octanol–water partition coefficient (Wildman–Crippen LogP) is 2.98. The summed E-state index contributed by atoms with van der Waals surface area (Å²) in [5, 5.41) is 22.8. The van der Waals surface area contributed by atoms with Crippen molar-refractivity contribution in [2.75, 3.05) is 6.61 Å². The average Bonchev–Trinajstić information content (AvgIpc) is 3.17. The molecule has 0 saturated carbocycles. The average molecular weight is 459 g/mol. The van der Waals surface area contributed by atoms with Gasteiger partial charge in [0.05, 0.1) is 18.7 Å². The number of carbonyl (C=O) groups excluding carboxylic acids is 1. The van der Waals surface area contributed by atoms with Crippen LogP contribution in [0.4, 0.5) is 13.6 Å². The molecule has 0 aromatic heterocycles. The highest BCUT2D eigenvalue weighted by atomic mass is 35.5. The molecule has 1 aliphatic heterocycles. The monoisotopic (exact) mass is 458 g/mol. The lowest BCUT2D eigenvalue weighted by molar-refractivity contribution is -0.199. The van der Waals surface area contributed by atoms with Crippen LogP contribution in [0.25, 0.3) is 0 Å². The van der Waals surface area contributed by atoms with Gasteiger partial charge in [0.2, 0.25) is 6.23 Å². The van der Waals surface area contributed by atoms with Gasteiger partial charge in [-0.1, -0.05) is 35.0 Å². The molecule has 0 saturated heterocycles. The van der Waals surface area contributed by atoms with Crippen LogP contribution < -0.4 is 16.0 Å². The fourth-order valence-electron chi connectivity index (χ4n) is 3.24. The lowest BCUT2D eigenvalue weighted by Gasteiger charge is -2.22. The van der Waals surface area contributed by atoms with E-state index in [1.54, 1.807) is 18.2 Å². The van der Waals surface area contributed by atoms with E-state index in [4.69, 9.17) is 16.4 Å². The third-order valence-electron chi connectivity index (χ3n) is 4.72. The number of carbonyl (C=O) groups is 1. The van der Waals surface area contributed by atoms with Crippen LogP contribution in [-0.2, 0) is 9.57 Å². The zero-order valence-electron chi connectivity index (χ0n) is 16.9. The van der Waals surface area contributed by atoms with E-state index >= 15 is 0 Å². The number of amidine groups is 1. The van der Waals surface area contributed by atoms with Gasteiger partial charge >= 0.3 is 12.1 Å². The van der Waals surface area contributed by atoms with Crippen molar-refractivity contribution in [1.29, 1.82) is 0 Å². The van der Waals surface area contributed by atoms with Gasteiger partial charge in [-0.3, -0.25) is 0 Å². The first-order valence-corrected chi connectivity index (χ1v) is 10.3. The summed E-state index contributed by atoms with van der Waals surface area (Å²) < 4.78 is 30.5. The summed E-state index contributed by atoms with van der Waals surface area (Å²) in [6, 6.07) is -1.16. The summed E-state index contributed by atoms with van der Waals surface area (Å²) in [6.45, 7) is 0.409. The first-order valence-electron chi connectivity index (χ1n) is 9.91. The van der Waals surface area contributed by atoms with Gasteiger partial charge in [0.15, 0.2) is 5.84 Å². The second kappa shape index (κ2) is 10.1. The van der Waals surface area contributed by atoms with Gasteiger partial charge in [0.1, 0.15) is 5.76 Å². The first-order chi connectivity index (χ1) is 14.7. The summed E-state index contributed by atoms with van der Waals surface area (Å²) >= 11 is 5.86. The zero-order chi connectivity index (χ0) is 22.4. The largest absolute Gasteiger partial charge is 0.437 e. The van der Waals surface area contributed by atoms with Gasteiger partial charge in [0.25, 0.3) is 0 Å². The SMILES string of the molecule is CC(F)(F)OC1=CC=C(C2=NOC(CC(CO)NC(=O)NC3C=CC(Cl)=CC3)N2)CC1. The number of nitrogens with one attached hydrogen (secondary N) is 3. The molecule has 0 aromatic rings. The second-order valence-corrected chi connectivity index (χ2v) is 7.87. The highest BCUT2D eigenvalue weighted by Gasteiger charge is 2.29. The second-order valence-electron chi connectivity index (χ2n) is 7.44. The number of rotatable bonds is 8. The fourth-order valence-corrected chi connectivity index (χ4v) is 3.40. The Morgan fingerprint density at radius 3 is 2.90 bits per heavy atom. The van der Waals surface area contributed by atoms with Crippen molar-refractivity contribution in [1.82, 2.24) is 16.0 Å². The molecule has 3 rings (SSSR count). The van der Waals surface area contributed by atoms with E-state index in [2.05, 4.69) is 25.8 Å². The van der Waals surface area contributed by atoms with Crippen LogP contribution in [-0.4, -0.2) is 48.0 Å². The number of urea groups is 1. The fraction of sp³-hybridized carbons (Fsp3) is 0.500. The first kappa shape index (κ1) is 23.1. The summed E-state index contributed by atoms with van der Waals surface area (Å²) in [6.07, 6.45) is 6.31. The van der Waals surface area contributed by atoms with Crippen LogP contribution in [0, 0.1) is 0 Å². The number of oxime groups is 1. The quantitative estimate of drug-likeness (QED) is 0.447. The summed E-state index contributed by atoms with van der Waals surface area (Å²) in [5.41, 5.74) is 0.788. The third kappa shape index (κ3) is 7.25. The molecule has 3 unspecified atom stereocenters. The maximum Gasteiger partial charge on any atom is 0.394 e. The summed E-state index contributed by atoms with van der Waals surface area (Å²) in [4.78, 5) is 17.5. The number of allylic oxidation sites excluding steroid dienone is 5. The number of hydrogen-bond donors (Lipinski definition) is 4. The Kier molecular flexibility index (Phi) is 7.55. The number of halogens is 3. The summed E-state index contributed by atoms with van der Waals surface area (Å²) in [5.74, 6) is 0.689. The number of nitrogens with zero attached hydrogens (tertiary/aromatic N) is 1. The van der Waals surface area contributed by atoms with E-state index in [1.807, 2.05) is 6.08 Å². The van der Waals surface area contributed by atoms with Crippen molar-refractivity contribution in [3.8, 4) is 0 Å². The molecule has 0 radical (unpaired) electrons. The van der Waals surface area contributed by atoms with Crippen molar-refractivity contribution < 1.29 is 28.3 Å². The molecule has 3 aliphatic rings. The van der Waals surface area contributed by atoms with Gasteiger partial charge in [-0.25, -0.2) is 4.79 Å². The maximum absolute atomic E-state index is 12.9. The molecular weight excluding hydrogens is 434 g/mol. The molecule has 31 heavy (non-hydrogen) atoms. The van der Waals surface area contributed by atoms with Gasteiger partial charge in [0, 0.05) is 24.8 Å². The minimum atomic E-state index is -3.22. The molecular formula is C20H25ClF2N4O4. The number of aliphatic hydroxyl groups is 1. The maximum atomic E-state index is 12.9. The lowest BCUT2D eigenvalue weighted by Crippen LogP contribution is -2.49. The van der Waals surface area contributed by atoms with E-state index in [-0.39, 0.29) is 24.8 Å². The van der Waals surface area contributed by atoms with Crippen LogP contribution >= 0.6 is 11.6 Å². The van der Waals surface area contributed by atoms with Gasteiger partial charge < -0.3 is 30.6 Å². The van der Waals surface area contributed by atoms with E-state index < -0.39 is 24.4 Å². The number of hydrogen-bond acceptors (Lipinski definition) is 6. The van der Waals surface area contributed by atoms with Crippen molar-refractivity contribution in [3.05, 3.63) is 46.7 Å². The number of alkyl halides is 2. The van der Waals surface area contributed by atoms with Gasteiger partial charge in [-0.05, 0) is 30.6 Å². The topological polar surface area (TPSA) is 104 Å². The molecule has 0 spiro atoms. The molecule has 8 nitrogen and oxygen atoms in total. The molecule has 3 atom stereocenters. The Hall–Kier alpha value is -2.59. The molecule has 4 N–H and O–H groups in total. The molecule has 1 heterocycles. The van der Waals surface area contributed by atoms with E-state index in [0.717, 1.165) is 5.57 Å². The molecule has 170 valence electrons. The zero-order valence-corrected chi connectivity index (χ0v) is 17.7. The molecule has 11 heteroatoms. The van der Waals surface area contributed by atoms with Crippen LogP contribution in [0.5, 0.6) is 0 Å². The Morgan fingerprint density at radius 2 is 2.29 bits per heavy atom. The highest BCUT2D eigenvalue weighted by Crippen LogP contribution is 2.27. The van der Waals surface area contributed by atoms with Gasteiger partial charge in [-0.2, -0.15) is 8.78 Å². The Morgan fingerprint density at radius 1 is 1.48 bits per heavy atom. The number of aliphatic hydroxyl groups excluding tert-OH is 1. The van der Waals surface area contributed by atoms with E-state index in [1.165, 1.54) is 6.08 Å². The Balaban J connectivity index is 1.45. The summed E-state index contributed by atoms with van der Waals surface area (Å²) in [7, 11) is 0. The number of amides is 2. The Labute approximate surface area is 183 Å². The van der Waals surface area contributed by atoms with Crippen molar-refractivity contribution in [2.45, 2.75) is 57.0 Å². The van der Waals surface area contributed by atoms with Gasteiger partial charge in [-0.15, -0.1) is 0 Å². The smallest absolute Gasteiger partial charge is 0.394 e. The molecule has 0 aromatic carbocycles. The minimum Gasteiger partial charge on any atom is -0.437 e. The van der Waals surface area contributed by atoms with E-state index in [9.17, 15) is 18.7 Å². The lowest BCUT2D eigenvalue weighted by atomic mass is 10.0. The standard InChI is InChI=1S/C20H25ClF2N4O4/c1-20(22,23)30-16-8-2-12(3-9-16)18-26-17(31-27-18)10-15(11-28)25-19(29)24-14-6-4-13(21)5-7-14/h2,4-6,8,14-15,17,28H,3,7,9-11H2,1H3,(H,26,27)(H2,24,25,29). The van der Waals surface area contributed by atoms with Crippen molar-refractivity contribution in [3.63, 3.8) is 0 Å². The van der Waals surface area contributed by atoms with Crippen LogP contribution in [0.15, 0.2) is 51.9 Å². The van der Waals surface area contributed by atoms with Crippen LogP contribution in [0.1, 0.15) is 32.6 Å². The molecule has 0 bridgehead atoms. The molecule has 0 fully saturated rings. The molecule has 2 aliphatic carbocycles. The normalized spacial score (nSPS) is 24.0. The highest BCUT2D eigenvalue weighted by molar-refractivity contribution is 6.31. The molecule has 2 amide bonds. The van der Waals surface area contributed by atoms with E-state index in [0.29, 0.717) is 37.1 Å². The third-order valence-corrected chi connectivity index (χ3v) is 5.00. The minimum absolute atomic E-state index is 0.176.